The zero-order chi connectivity index (χ0) is 13.7. The lowest BCUT2D eigenvalue weighted by Gasteiger charge is -2.37. The van der Waals surface area contributed by atoms with Crippen molar-refractivity contribution in [3.63, 3.8) is 0 Å². The van der Waals surface area contributed by atoms with E-state index in [-0.39, 0.29) is 0 Å². The Morgan fingerprint density at radius 2 is 1.95 bits per heavy atom. The first-order chi connectivity index (χ1) is 9.17. The minimum atomic E-state index is -0.857. The van der Waals surface area contributed by atoms with Crippen LogP contribution in [0, 0.1) is 11.8 Å². The second-order valence-corrected chi connectivity index (χ2v) is 6.49. The van der Waals surface area contributed by atoms with Gasteiger partial charge < -0.3 is 10.0 Å². The molecule has 19 heavy (non-hydrogen) atoms. The monoisotopic (exact) mass is 269 g/mol. The molecule has 1 aliphatic carbocycles. The summed E-state index contributed by atoms with van der Waals surface area (Å²) in [6, 6.07) is 0.409. The molecule has 0 amide bonds. The minimum absolute atomic E-state index is 0.409. The Kier molecular flexibility index (Phi) is 6.07. The molecule has 0 bridgehead atoms. The van der Waals surface area contributed by atoms with Crippen molar-refractivity contribution in [1.82, 2.24) is 10.2 Å². The SMILES string of the molecule is CCC1CCN(CC2CCCC(NC(N)O)C2)CC1. The summed E-state index contributed by atoms with van der Waals surface area (Å²) in [6.45, 7) is 6.13. The number of hydrogen-bond donors (Lipinski definition) is 3. The molecule has 3 atom stereocenters. The number of nitrogens with one attached hydrogen (secondary N) is 1. The fourth-order valence-electron chi connectivity index (χ4n) is 3.79. The van der Waals surface area contributed by atoms with Gasteiger partial charge in [0.1, 0.15) is 0 Å². The van der Waals surface area contributed by atoms with E-state index in [9.17, 15) is 5.11 Å². The number of likely N-dealkylation sites (tertiary alicyclic amines) is 1. The van der Waals surface area contributed by atoms with E-state index >= 15 is 0 Å². The summed E-state index contributed by atoms with van der Waals surface area (Å²) < 4.78 is 0. The van der Waals surface area contributed by atoms with Gasteiger partial charge in [0.05, 0.1) is 0 Å². The third-order valence-electron chi connectivity index (χ3n) is 4.99. The van der Waals surface area contributed by atoms with Gasteiger partial charge in [-0.1, -0.05) is 19.8 Å². The predicted molar refractivity (Wildman–Crippen MR) is 78.5 cm³/mol. The molecule has 0 aromatic rings. The summed E-state index contributed by atoms with van der Waals surface area (Å²) in [5.41, 5.74) is 5.42. The molecular formula is C15H31N3O. The third kappa shape index (κ3) is 5.03. The molecule has 0 aromatic heterocycles. The zero-order valence-electron chi connectivity index (χ0n) is 12.4. The van der Waals surface area contributed by atoms with Gasteiger partial charge in [-0.25, -0.2) is 0 Å². The molecular weight excluding hydrogens is 238 g/mol. The van der Waals surface area contributed by atoms with Crippen molar-refractivity contribution in [2.24, 2.45) is 17.6 Å². The van der Waals surface area contributed by atoms with E-state index in [4.69, 9.17) is 5.73 Å². The van der Waals surface area contributed by atoms with Crippen molar-refractivity contribution in [3.05, 3.63) is 0 Å². The van der Waals surface area contributed by atoms with Gasteiger partial charge in [0, 0.05) is 12.6 Å². The molecule has 1 aliphatic heterocycles. The maximum Gasteiger partial charge on any atom is 0.158 e. The number of nitrogens with zero attached hydrogens (tertiary/aromatic N) is 1. The topological polar surface area (TPSA) is 61.5 Å². The van der Waals surface area contributed by atoms with Crippen molar-refractivity contribution >= 4 is 0 Å². The highest BCUT2D eigenvalue weighted by atomic mass is 16.3. The van der Waals surface area contributed by atoms with Crippen LogP contribution in [0.1, 0.15) is 51.9 Å². The summed E-state index contributed by atoms with van der Waals surface area (Å²) >= 11 is 0. The molecule has 1 saturated carbocycles. The second-order valence-electron chi connectivity index (χ2n) is 6.49. The molecule has 3 unspecified atom stereocenters. The van der Waals surface area contributed by atoms with Crippen LogP contribution in [-0.2, 0) is 0 Å². The van der Waals surface area contributed by atoms with Gasteiger partial charge in [-0.2, -0.15) is 0 Å². The first-order valence-corrected chi connectivity index (χ1v) is 8.09. The van der Waals surface area contributed by atoms with Gasteiger partial charge in [0.2, 0.25) is 0 Å². The van der Waals surface area contributed by atoms with Crippen LogP contribution in [0.15, 0.2) is 0 Å². The van der Waals surface area contributed by atoms with Crippen molar-refractivity contribution in [2.75, 3.05) is 19.6 Å². The second kappa shape index (κ2) is 7.58. The molecule has 0 aromatic carbocycles. The molecule has 1 saturated heterocycles. The van der Waals surface area contributed by atoms with E-state index in [1.54, 1.807) is 0 Å². The lowest BCUT2D eigenvalue weighted by molar-refractivity contribution is 0.0971. The molecule has 2 fully saturated rings. The van der Waals surface area contributed by atoms with Gasteiger partial charge in [-0.3, -0.25) is 11.1 Å². The van der Waals surface area contributed by atoms with E-state index in [2.05, 4.69) is 17.1 Å². The molecule has 4 heteroatoms. The highest BCUT2D eigenvalue weighted by molar-refractivity contribution is 4.81. The smallest absolute Gasteiger partial charge is 0.158 e. The van der Waals surface area contributed by atoms with Gasteiger partial charge in [-0.15, -0.1) is 0 Å². The molecule has 0 radical (unpaired) electrons. The van der Waals surface area contributed by atoms with E-state index in [0.717, 1.165) is 18.3 Å². The lowest BCUT2D eigenvalue weighted by Crippen LogP contribution is -2.47. The standard InChI is InChI=1S/C15H31N3O/c1-2-12-6-8-18(9-7-12)11-13-4-3-5-14(10-13)17-15(16)19/h12-15,17,19H,2-11,16H2,1H3. The first-order valence-electron chi connectivity index (χ1n) is 8.09. The molecule has 4 N–H and O–H groups in total. The Balaban J connectivity index is 1.70. The number of hydrogen-bond acceptors (Lipinski definition) is 4. The molecule has 4 nitrogen and oxygen atoms in total. The largest absolute Gasteiger partial charge is 0.366 e. The minimum Gasteiger partial charge on any atom is -0.366 e. The Labute approximate surface area is 117 Å². The Morgan fingerprint density at radius 1 is 1.21 bits per heavy atom. The number of piperidine rings is 1. The first kappa shape index (κ1) is 15.2. The van der Waals surface area contributed by atoms with Crippen LogP contribution in [0.2, 0.25) is 0 Å². The third-order valence-corrected chi connectivity index (χ3v) is 4.99. The highest BCUT2D eigenvalue weighted by Gasteiger charge is 2.26. The van der Waals surface area contributed by atoms with Crippen LogP contribution >= 0.6 is 0 Å². The van der Waals surface area contributed by atoms with Crippen molar-refractivity contribution in [3.8, 4) is 0 Å². The summed E-state index contributed by atoms with van der Waals surface area (Å²) in [5, 5.41) is 12.3. The van der Waals surface area contributed by atoms with E-state index in [0.29, 0.717) is 6.04 Å². The number of rotatable bonds is 5. The van der Waals surface area contributed by atoms with Crippen LogP contribution in [0.4, 0.5) is 0 Å². The van der Waals surface area contributed by atoms with Crippen LogP contribution in [0.3, 0.4) is 0 Å². The van der Waals surface area contributed by atoms with Crippen LogP contribution in [0.25, 0.3) is 0 Å². The van der Waals surface area contributed by atoms with Crippen LogP contribution in [-0.4, -0.2) is 42.0 Å². The average molecular weight is 269 g/mol. The Hall–Kier alpha value is -0.160. The number of aliphatic hydroxyl groups excluding tert-OH is 1. The van der Waals surface area contributed by atoms with Crippen LogP contribution < -0.4 is 11.1 Å². The fraction of sp³-hybridized carbons (Fsp3) is 1.00. The van der Waals surface area contributed by atoms with Crippen molar-refractivity contribution in [2.45, 2.75) is 64.3 Å². The van der Waals surface area contributed by atoms with Crippen molar-refractivity contribution in [1.29, 1.82) is 0 Å². The summed E-state index contributed by atoms with van der Waals surface area (Å²) in [6.07, 6.45) is 8.18. The molecule has 2 aliphatic rings. The average Bonchev–Trinajstić information content (AvgIpc) is 2.39. The summed E-state index contributed by atoms with van der Waals surface area (Å²) in [5.74, 6) is 1.74. The maximum absolute atomic E-state index is 9.22. The van der Waals surface area contributed by atoms with Gasteiger partial charge >= 0.3 is 0 Å². The molecule has 1 heterocycles. The molecule has 0 spiro atoms. The number of nitrogens with two attached hydrogens (primary N) is 1. The molecule has 112 valence electrons. The lowest BCUT2D eigenvalue weighted by atomic mass is 9.84. The van der Waals surface area contributed by atoms with Gasteiger partial charge in [-0.05, 0) is 57.0 Å². The van der Waals surface area contributed by atoms with Crippen LogP contribution in [0.5, 0.6) is 0 Å². The summed E-state index contributed by atoms with van der Waals surface area (Å²) in [4.78, 5) is 2.65. The van der Waals surface area contributed by atoms with Gasteiger partial charge in [0.15, 0.2) is 6.35 Å². The summed E-state index contributed by atoms with van der Waals surface area (Å²) in [7, 11) is 0. The number of aliphatic hydroxyl groups is 1. The molecule has 2 rings (SSSR count). The van der Waals surface area contributed by atoms with Gasteiger partial charge in [0.25, 0.3) is 0 Å². The van der Waals surface area contributed by atoms with E-state index in [1.807, 2.05) is 0 Å². The normalized spacial score (nSPS) is 32.4. The predicted octanol–water partition coefficient (Wildman–Crippen LogP) is 1.49. The quantitative estimate of drug-likeness (QED) is 0.662. The zero-order valence-corrected chi connectivity index (χ0v) is 12.4. The van der Waals surface area contributed by atoms with E-state index < -0.39 is 6.35 Å². The maximum atomic E-state index is 9.22. The van der Waals surface area contributed by atoms with Crippen molar-refractivity contribution < 1.29 is 5.11 Å². The van der Waals surface area contributed by atoms with E-state index in [1.165, 1.54) is 58.2 Å². The Morgan fingerprint density at radius 3 is 2.58 bits per heavy atom. The Bertz CT molecular complexity index is 252. The fourth-order valence-corrected chi connectivity index (χ4v) is 3.79. The highest BCUT2D eigenvalue weighted by Crippen LogP contribution is 2.27.